The molecule has 8 nitrogen and oxygen atoms in total. The lowest BCUT2D eigenvalue weighted by atomic mass is 9.79. The Bertz CT molecular complexity index is 1440. The van der Waals surface area contributed by atoms with Crippen LogP contribution in [0.5, 0.6) is 5.75 Å². The summed E-state index contributed by atoms with van der Waals surface area (Å²) in [6.45, 7) is 3.25. The Kier molecular flexibility index (Phi) is 4.19. The molecule has 3 atom stereocenters. The number of carbonyl (C=O) groups is 1. The number of nitrogens with zero attached hydrogens (tertiary/aromatic N) is 3. The van der Waals surface area contributed by atoms with Gasteiger partial charge in [0, 0.05) is 17.7 Å². The first kappa shape index (κ1) is 19.4. The van der Waals surface area contributed by atoms with Crippen LogP contribution in [0, 0.1) is 16.0 Å². The third-order valence-corrected chi connectivity index (χ3v) is 6.68. The maximum atomic E-state index is 13.4. The summed E-state index contributed by atoms with van der Waals surface area (Å²) < 4.78 is 8.09. The number of aromatic nitrogens is 1. The number of benzene rings is 2. The van der Waals surface area contributed by atoms with Gasteiger partial charge in [0.1, 0.15) is 17.5 Å². The lowest BCUT2D eigenvalue weighted by molar-refractivity contribution is -0.384. The monoisotopic (exact) mass is 435 g/mol. The van der Waals surface area contributed by atoms with Crippen molar-refractivity contribution in [1.82, 2.24) is 4.57 Å². The lowest BCUT2D eigenvalue weighted by Crippen LogP contribution is -2.58. The third-order valence-electron chi connectivity index (χ3n) is 5.70. The molecule has 0 N–H and O–H groups in total. The first-order valence-corrected chi connectivity index (χ1v) is 10.5. The van der Waals surface area contributed by atoms with E-state index in [9.17, 15) is 19.7 Å². The fourth-order valence-corrected chi connectivity index (χ4v) is 5.53. The van der Waals surface area contributed by atoms with Gasteiger partial charge >= 0.3 is 0 Å². The quantitative estimate of drug-likeness (QED) is 0.463. The van der Waals surface area contributed by atoms with Gasteiger partial charge in [-0.2, -0.15) is 0 Å². The van der Waals surface area contributed by atoms with Crippen molar-refractivity contribution in [2.24, 2.45) is 10.9 Å². The van der Waals surface area contributed by atoms with Crippen molar-refractivity contribution < 1.29 is 14.5 Å². The number of carbonyl (C=O) groups excluding carboxylic acids is 1. The second-order valence-corrected chi connectivity index (χ2v) is 8.77. The lowest BCUT2D eigenvalue weighted by Gasteiger charge is -2.45. The predicted octanol–water partition coefficient (Wildman–Crippen LogP) is 2.18. The first-order valence-electron chi connectivity index (χ1n) is 9.64. The summed E-state index contributed by atoms with van der Waals surface area (Å²) in [6, 6.07) is 12.9. The number of nitro benzene ring substituents is 1. The summed E-state index contributed by atoms with van der Waals surface area (Å²) >= 11 is 1.18. The van der Waals surface area contributed by atoms with E-state index in [1.54, 1.807) is 29.7 Å². The number of non-ortho nitro benzene ring substituents is 1. The molecule has 2 aromatic carbocycles. The number of nitro groups is 1. The Morgan fingerprint density at radius 3 is 2.81 bits per heavy atom. The zero-order chi connectivity index (χ0) is 21.9. The molecular weight excluding hydrogens is 418 g/mol. The average molecular weight is 435 g/mol. The highest BCUT2D eigenvalue weighted by molar-refractivity contribution is 7.07. The van der Waals surface area contributed by atoms with Crippen molar-refractivity contribution in [1.29, 1.82) is 0 Å². The minimum absolute atomic E-state index is 0.0535. The van der Waals surface area contributed by atoms with Crippen molar-refractivity contribution in [2.75, 3.05) is 0 Å². The summed E-state index contributed by atoms with van der Waals surface area (Å²) in [5.41, 5.74) is -0.157. The van der Waals surface area contributed by atoms with Gasteiger partial charge in [0.15, 0.2) is 4.80 Å². The fraction of sp³-hybridized carbons (Fsp3) is 0.227. The van der Waals surface area contributed by atoms with E-state index < -0.39 is 22.6 Å². The van der Waals surface area contributed by atoms with Crippen LogP contribution in [0.2, 0.25) is 0 Å². The van der Waals surface area contributed by atoms with Crippen molar-refractivity contribution in [2.45, 2.75) is 25.6 Å². The fourth-order valence-electron chi connectivity index (χ4n) is 4.44. The molecule has 31 heavy (non-hydrogen) atoms. The average Bonchev–Trinajstić information content (AvgIpc) is 3.01. The minimum atomic E-state index is -1.12. The van der Waals surface area contributed by atoms with Crippen LogP contribution < -0.4 is 19.6 Å². The number of para-hydroxylation sites is 1. The molecule has 3 unspecified atom stereocenters. The number of Topliss-reactive ketones (excluding diaryl/α,β-unsaturated/α-hetero) is 1. The maximum Gasteiger partial charge on any atom is 0.270 e. The van der Waals surface area contributed by atoms with Crippen LogP contribution in [0.3, 0.4) is 0 Å². The van der Waals surface area contributed by atoms with Gasteiger partial charge in [0.05, 0.1) is 15.5 Å². The number of hydrogen-bond donors (Lipinski definition) is 0. The summed E-state index contributed by atoms with van der Waals surface area (Å²) in [6.07, 6.45) is 1.61. The van der Waals surface area contributed by atoms with Gasteiger partial charge in [0.25, 0.3) is 11.2 Å². The highest BCUT2D eigenvalue weighted by Crippen LogP contribution is 2.47. The van der Waals surface area contributed by atoms with Gasteiger partial charge in [-0.3, -0.25) is 24.3 Å². The van der Waals surface area contributed by atoms with E-state index in [1.807, 2.05) is 24.3 Å². The van der Waals surface area contributed by atoms with E-state index in [0.717, 1.165) is 5.56 Å². The normalized spacial score (nSPS) is 23.9. The summed E-state index contributed by atoms with van der Waals surface area (Å²) in [4.78, 5) is 41.8. The molecular formula is C22H17N3O5S. The molecule has 0 saturated heterocycles. The molecule has 0 radical (unpaired) electrons. The van der Waals surface area contributed by atoms with Gasteiger partial charge < -0.3 is 4.74 Å². The van der Waals surface area contributed by atoms with Gasteiger partial charge in [-0.05, 0) is 31.6 Å². The Labute approximate surface area is 179 Å². The molecule has 2 aliphatic rings. The largest absolute Gasteiger partial charge is 0.465 e. The standard InChI is InChI=1S/C22H17N3O5S/c1-12(26)18-19-15-8-3-4-9-16(15)30-22(18,2)23-21-24(19)20(27)17(31-21)11-13-6-5-7-14(10-13)25(28)29/h3-11,18-19H,1-2H3/b17-11-. The highest BCUT2D eigenvalue weighted by atomic mass is 32.1. The molecule has 2 bridgehead atoms. The van der Waals surface area contributed by atoms with Crippen LogP contribution in [0.15, 0.2) is 58.3 Å². The Morgan fingerprint density at radius 1 is 1.29 bits per heavy atom. The SMILES string of the molecule is CC(=O)C1C2c3ccccc3OC1(C)N=c1s/c(=C\c3cccc([N+](=O)[O-])c3)c(=O)n12. The number of thiazole rings is 1. The van der Waals surface area contributed by atoms with Crippen LogP contribution in [0.25, 0.3) is 6.08 Å². The topological polar surface area (TPSA) is 104 Å². The number of hydrogen-bond acceptors (Lipinski definition) is 7. The van der Waals surface area contributed by atoms with Gasteiger partial charge in [-0.1, -0.05) is 41.7 Å². The molecule has 0 aliphatic carbocycles. The Morgan fingerprint density at radius 2 is 2.06 bits per heavy atom. The second kappa shape index (κ2) is 6.71. The van der Waals surface area contributed by atoms with E-state index >= 15 is 0 Å². The molecule has 1 aromatic heterocycles. The van der Waals surface area contributed by atoms with Crippen molar-refractivity contribution >= 4 is 28.9 Å². The van der Waals surface area contributed by atoms with E-state index in [1.165, 1.54) is 30.4 Å². The minimum Gasteiger partial charge on any atom is -0.465 e. The first-order chi connectivity index (χ1) is 14.8. The zero-order valence-corrected chi connectivity index (χ0v) is 17.5. The van der Waals surface area contributed by atoms with E-state index in [0.29, 0.717) is 20.6 Å². The third kappa shape index (κ3) is 2.92. The molecule has 3 aromatic rings. The second-order valence-electron chi connectivity index (χ2n) is 7.76. The number of ether oxygens (including phenoxy) is 1. The predicted molar refractivity (Wildman–Crippen MR) is 114 cm³/mol. The summed E-state index contributed by atoms with van der Waals surface area (Å²) in [5.74, 6) is -0.157. The van der Waals surface area contributed by atoms with Gasteiger partial charge in [-0.25, -0.2) is 4.99 Å². The smallest absolute Gasteiger partial charge is 0.270 e. The molecule has 3 heterocycles. The van der Waals surface area contributed by atoms with Gasteiger partial charge in [0.2, 0.25) is 5.72 Å². The number of rotatable bonds is 3. The van der Waals surface area contributed by atoms with Gasteiger partial charge in [-0.15, -0.1) is 0 Å². The summed E-state index contributed by atoms with van der Waals surface area (Å²) in [5, 5.41) is 11.1. The van der Waals surface area contributed by atoms with E-state index in [-0.39, 0.29) is 17.0 Å². The summed E-state index contributed by atoms with van der Waals surface area (Å²) in [7, 11) is 0. The number of ketones is 1. The van der Waals surface area contributed by atoms with E-state index in [4.69, 9.17) is 4.74 Å². The van der Waals surface area contributed by atoms with Crippen LogP contribution in [0.1, 0.15) is 31.0 Å². The van der Waals surface area contributed by atoms with E-state index in [2.05, 4.69) is 4.99 Å². The molecule has 156 valence electrons. The van der Waals surface area contributed by atoms with Crippen molar-refractivity contribution in [3.8, 4) is 5.75 Å². The van der Waals surface area contributed by atoms with Crippen LogP contribution in [-0.4, -0.2) is 21.0 Å². The Balaban J connectivity index is 1.77. The van der Waals surface area contributed by atoms with Crippen molar-refractivity contribution in [3.63, 3.8) is 0 Å². The van der Waals surface area contributed by atoms with Crippen LogP contribution >= 0.6 is 11.3 Å². The van der Waals surface area contributed by atoms with Crippen LogP contribution in [-0.2, 0) is 4.79 Å². The van der Waals surface area contributed by atoms with Crippen LogP contribution in [0.4, 0.5) is 5.69 Å². The zero-order valence-electron chi connectivity index (χ0n) is 16.6. The maximum absolute atomic E-state index is 13.4. The molecule has 0 saturated carbocycles. The molecule has 2 aliphatic heterocycles. The Hall–Kier alpha value is -3.59. The highest BCUT2D eigenvalue weighted by Gasteiger charge is 2.53. The molecule has 0 fully saturated rings. The molecule has 9 heteroatoms. The molecule has 0 spiro atoms. The molecule has 0 amide bonds. The molecule has 5 rings (SSSR count). The van der Waals surface area contributed by atoms with Crippen molar-refractivity contribution in [3.05, 3.63) is 89.5 Å². The number of fused-ring (bicyclic) bond motifs is 6.